The van der Waals surface area contributed by atoms with Crippen molar-refractivity contribution >= 4 is 5.69 Å². The van der Waals surface area contributed by atoms with Gasteiger partial charge in [0.05, 0.1) is 12.8 Å². The number of nitrogens with zero attached hydrogens (tertiary/aromatic N) is 1. The minimum absolute atomic E-state index is 0.169. The van der Waals surface area contributed by atoms with Crippen LogP contribution in [0.1, 0.15) is 12.0 Å². The third-order valence-electron chi connectivity index (χ3n) is 3.41. The summed E-state index contributed by atoms with van der Waals surface area (Å²) in [5.41, 5.74) is 2.46. The Kier molecular flexibility index (Phi) is 4.73. The first-order valence-electron chi connectivity index (χ1n) is 6.87. The largest absolute Gasteiger partial charge is 0.497 e. The fourth-order valence-electron chi connectivity index (χ4n) is 2.39. The van der Waals surface area contributed by atoms with E-state index in [1.165, 1.54) is 13.2 Å². The van der Waals surface area contributed by atoms with E-state index < -0.39 is 12.8 Å². The Morgan fingerprint density at radius 3 is 2.59 bits per heavy atom. The third-order valence-corrected chi connectivity index (χ3v) is 3.41. The lowest BCUT2D eigenvalue weighted by atomic mass is 10.1. The first-order valence-corrected chi connectivity index (χ1v) is 6.87. The molecule has 1 aromatic carbocycles. The zero-order valence-corrected chi connectivity index (χ0v) is 12.8. The predicted molar refractivity (Wildman–Crippen MR) is 78.4 cm³/mol. The normalized spacial score (nSPS) is 14.8. The number of methoxy groups -OCH3 is 1. The molecule has 0 radical (unpaired) electrons. The van der Waals surface area contributed by atoms with E-state index in [4.69, 9.17) is 9.47 Å². The molecule has 0 fully saturated rings. The molecule has 4 nitrogen and oxygen atoms in total. The Bertz CT molecular complexity index is 571. The van der Waals surface area contributed by atoms with Crippen molar-refractivity contribution < 1.29 is 22.6 Å². The second-order valence-electron chi connectivity index (χ2n) is 5.04. The number of aryl methyl sites for hydroxylation is 1. The summed E-state index contributed by atoms with van der Waals surface area (Å²) in [6.45, 7) is 1.18. The van der Waals surface area contributed by atoms with Crippen molar-refractivity contribution in [2.24, 2.45) is 0 Å². The fraction of sp³-hybridized carbons (Fsp3) is 0.467. The molecule has 122 valence electrons. The van der Waals surface area contributed by atoms with Crippen molar-refractivity contribution in [3.05, 3.63) is 29.6 Å². The summed E-state index contributed by atoms with van der Waals surface area (Å²) in [7, 11) is 3.29. The SMILES string of the molecule is CNC1=CN(c2c(C)cc(OC)cc2OCC(F)(F)F)CC1. The molecule has 0 unspecified atom stereocenters. The average Bonchev–Trinajstić information content (AvgIpc) is 2.92. The maximum atomic E-state index is 12.5. The molecule has 0 saturated heterocycles. The van der Waals surface area contributed by atoms with Gasteiger partial charge in [-0.1, -0.05) is 0 Å². The Morgan fingerprint density at radius 1 is 1.32 bits per heavy atom. The maximum absolute atomic E-state index is 12.5. The molecule has 0 saturated carbocycles. The van der Waals surface area contributed by atoms with Crippen LogP contribution < -0.4 is 19.7 Å². The van der Waals surface area contributed by atoms with Gasteiger partial charge >= 0.3 is 6.18 Å². The van der Waals surface area contributed by atoms with Crippen LogP contribution in [0.2, 0.25) is 0 Å². The highest BCUT2D eigenvalue weighted by Gasteiger charge is 2.30. The van der Waals surface area contributed by atoms with Gasteiger partial charge in [-0.2, -0.15) is 13.2 Å². The number of halogens is 3. The van der Waals surface area contributed by atoms with Gasteiger partial charge in [-0.15, -0.1) is 0 Å². The maximum Gasteiger partial charge on any atom is 0.422 e. The van der Waals surface area contributed by atoms with Crippen LogP contribution in [0.4, 0.5) is 18.9 Å². The molecule has 0 aromatic heterocycles. The Labute approximate surface area is 127 Å². The number of hydrogen-bond acceptors (Lipinski definition) is 4. The van der Waals surface area contributed by atoms with E-state index >= 15 is 0 Å². The minimum atomic E-state index is -4.38. The lowest BCUT2D eigenvalue weighted by Gasteiger charge is -2.23. The third kappa shape index (κ3) is 3.78. The molecule has 7 heteroatoms. The van der Waals surface area contributed by atoms with Gasteiger partial charge in [-0.25, -0.2) is 0 Å². The highest BCUT2D eigenvalue weighted by Crippen LogP contribution is 2.39. The van der Waals surface area contributed by atoms with Gasteiger partial charge in [0.25, 0.3) is 0 Å². The van der Waals surface area contributed by atoms with Crippen LogP contribution in [0.25, 0.3) is 0 Å². The van der Waals surface area contributed by atoms with Gasteiger partial charge in [0.1, 0.15) is 11.5 Å². The summed E-state index contributed by atoms with van der Waals surface area (Å²) in [6, 6.07) is 3.26. The summed E-state index contributed by atoms with van der Waals surface area (Å²) in [6.07, 6.45) is -1.69. The first kappa shape index (κ1) is 16.3. The van der Waals surface area contributed by atoms with Gasteiger partial charge in [-0.3, -0.25) is 0 Å². The second-order valence-corrected chi connectivity index (χ2v) is 5.04. The van der Waals surface area contributed by atoms with Crippen molar-refractivity contribution in [1.82, 2.24) is 5.32 Å². The number of nitrogens with one attached hydrogen (secondary N) is 1. The number of hydrogen-bond donors (Lipinski definition) is 1. The van der Waals surface area contributed by atoms with E-state index in [0.717, 1.165) is 17.7 Å². The Balaban J connectivity index is 2.36. The molecule has 1 aliphatic rings. The molecule has 0 amide bonds. The number of alkyl halides is 3. The first-order chi connectivity index (χ1) is 10.3. The molecule has 0 aliphatic carbocycles. The van der Waals surface area contributed by atoms with Crippen LogP contribution in [0.3, 0.4) is 0 Å². The Morgan fingerprint density at radius 2 is 2.05 bits per heavy atom. The molecular formula is C15H19F3N2O2. The van der Waals surface area contributed by atoms with Crippen LogP contribution in [0, 0.1) is 6.92 Å². The van der Waals surface area contributed by atoms with Crippen LogP contribution in [-0.4, -0.2) is 33.5 Å². The van der Waals surface area contributed by atoms with Gasteiger partial charge in [0.15, 0.2) is 6.61 Å². The van der Waals surface area contributed by atoms with E-state index in [0.29, 0.717) is 18.0 Å². The molecule has 2 rings (SSSR count). The summed E-state index contributed by atoms with van der Waals surface area (Å²) in [5.74, 6) is 0.637. The smallest absolute Gasteiger partial charge is 0.422 e. The molecule has 22 heavy (non-hydrogen) atoms. The van der Waals surface area contributed by atoms with E-state index in [1.807, 2.05) is 25.1 Å². The lowest BCUT2D eigenvalue weighted by molar-refractivity contribution is -0.153. The minimum Gasteiger partial charge on any atom is -0.497 e. The zero-order chi connectivity index (χ0) is 16.3. The summed E-state index contributed by atoms with van der Waals surface area (Å²) < 4.78 is 47.5. The van der Waals surface area contributed by atoms with Crippen LogP contribution in [0.5, 0.6) is 11.5 Å². The quantitative estimate of drug-likeness (QED) is 0.904. The van der Waals surface area contributed by atoms with Gasteiger partial charge in [0.2, 0.25) is 0 Å². The summed E-state index contributed by atoms with van der Waals surface area (Å²) in [4.78, 5) is 1.90. The van der Waals surface area contributed by atoms with Crippen molar-refractivity contribution in [1.29, 1.82) is 0 Å². The molecule has 0 atom stereocenters. The van der Waals surface area contributed by atoms with Crippen LogP contribution in [-0.2, 0) is 0 Å². The molecule has 0 spiro atoms. The molecule has 1 aromatic rings. The van der Waals surface area contributed by atoms with E-state index in [1.54, 1.807) is 6.07 Å². The fourth-order valence-corrected chi connectivity index (χ4v) is 2.39. The number of anilines is 1. The van der Waals surface area contributed by atoms with Crippen molar-refractivity contribution in [2.45, 2.75) is 19.5 Å². The molecule has 1 N–H and O–H groups in total. The summed E-state index contributed by atoms with van der Waals surface area (Å²) >= 11 is 0. The van der Waals surface area contributed by atoms with Crippen molar-refractivity contribution in [3.63, 3.8) is 0 Å². The Hall–Kier alpha value is -2.05. The predicted octanol–water partition coefficient (Wildman–Crippen LogP) is 3.22. The monoisotopic (exact) mass is 316 g/mol. The van der Waals surface area contributed by atoms with Crippen molar-refractivity contribution in [2.75, 3.05) is 32.2 Å². The molecule has 0 bridgehead atoms. The second kappa shape index (κ2) is 6.37. The van der Waals surface area contributed by atoms with Crippen molar-refractivity contribution in [3.8, 4) is 11.5 Å². The van der Waals surface area contributed by atoms with Crippen LogP contribution in [0.15, 0.2) is 24.0 Å². The average molecular weight is 316 g/mol. The molecular weight excluding hydrogens is 297 g/mol. The highest BCUT2D eigenvalue weighted by atomic mass is 19.4. The standard InChI is InChI=1S/C15H19F3N2O2/c1-10-6-12(21-3)7-13(22-9-15(16,17)18)14(10)20-5-4-11(8-20)19-2/h6-8,19H,4-5,9H2,1-3H3. The lowest BCUT2D eigenvalue weighted by Crippen LogP contribution is -2.21. The molecule has 1 aliphatic heterocycles. The van der Waals surface area contributed by atoms with E-state index in [2.05, 4.69) is 5.32 Å². The van der Waals surface area contributed by atoms with E-state index in [-0.39, 0.29) is 5.75 Å². The van der Waals surface area contributed by atoms with Crippen LogP contribution >= 0.6 is 0 Å². The van der Waals surface area contributed by atoms with Gasteiger partial charge in [0, 0.05) is 38.0 Å². The van der Waals surface area contributed by atoms with E-state index in [9.17, 15) is 13.2 Å². The number of benzene rings is 1. The summed E-state index contributed by atoms with van der Waals surface area (Å²) in [5, 5.41) is 3.06. The van der Waals surface area contributed by atoms with Gasteiger partial charge < -0.3 is 19.7 Å². The van der Waals surface area contributed by atoms with Gasteiger partial charge in [-0.05, 0) is 18.6 Å². The topological polar surface area (TPSA) is 33.7 Å². The molecule has 1 heterocycles. The highest BCUT2D eigenvalue weighted by molar-refractivity contribution is 5.68. The zero-order valence-electron chi connectivity index (χ0n) is 12.8. The number of rotatable bonds is 5. The number of ether oxygens (including phenoxy) is 2.